The zero-order valence-electron chi connectivity index (χ0n) is 10.9. The molecule has 0 saturated carbocycles. The number of nitrogens with two attached hydrogens (primary N) is 1. The first-order chi connectivity index (χ1) is 8.11. The summed E-state index contributed by atoms with van der Waals surface area (Å²) in [6.45, 7) is 1.28. The maximum Gasteiger partial charge on any atom is 0.267 e. The third-order valence-corrected chi connectivity index (χ3v) is 2.21. The molecule has 1 saturated heterocycles. The van der Waals surface area contributed by atoms with Crippen molar-refractivity contribution in [3.8, 4) is 0 Å². The fourth-order valence-corrected chi connectivity index (χ4v) is 1.27. The summed E-state index contributed by atoms with van der Waals surface area (Å²) in [5.41, 5.74) is 5.31. The topological polar surface area (TPSA) is 159 Å². The van der Waals surface area contributed by atoms with Crippen LogP contribution in [0.25, 0.3) is 0 Å². The second-order valence-electron chi connectivity index (χ2n) is 3.62. The number of carbonyl (C=O) groups excluding carboxylic acids is 1. The molecule has 1 fully saturated rings. The number of aliphatic hydroxyl groups excluding tert-OH is 1. The predicted molar refractivity (Wildman–Crippen MR) is 83.6 cm³/mol. The molecule has 0 radical (unpaired) electrons. The van der Waals surface area contributed by atoms with E-state index in [9.17, 15) is 4.79 Å². The number of primary amides is 1. The van der Waals surface area contributed by atoms with E-state index < -0.39 is 5.91 Å². The minimum Gasteiger partial charge on any atom is -0.412 e. The lowest BCUT2D eigenvalue weighted by atomic mass is 10.1. The lowest BCUT2D eigenvalue weighted by molar-refractivity contribution is -0.112. The van der Waals surface area contributed by atoms with Crippen LogP contribution in [0.4, 0.5) is 0 Å². The van der Waals surface area contributed by atoms with Crippen molar-refractivity contribution in [3.05, 3.63) is 35.9 Å². The van der Waals surface area contributed by atoms with E-state index in [1.165, 1.54) is 0 Å². The minimum absolute atomic E-state index is 0. The largest absolute Gasteiger partial charge is 0.412 e. The fraction of sp³-hybridized carbons (Fsp3) is 0.333. The van der Waals surface area contributed by atoms with Gasteiger partial charge >= 0.3 is 0 Å². The Labute approximate surface area is 125 Å². The molecule has 0 unspecified atom stereocenters. The number of aliphatic hydroxyl groups is 1. The van der Waals surface area contributed by atoms with E-state index >= 15 is 0 Å². The van der Waals surface area contributed by atoms with Crippen LogP contribution < -0.4 is 5.73 Å². The van der Waals surface area contributed by atoms with Crippen molar-refractivity contribution >= 4 is 25.1 Å². The average molecular weight is 308 g/mol. The summed E-state index contributed by atoms with van der Waals surface area (Å²) in [7, 11) is 0. The quantitative estimate of drug-likeness (QED) is 0.600. The molecule has 1 aromatic carbocycles. The van der Waals surface area contributed by atoms with Crippen LogP contribution in [-0.4, -0.2) is 47.0 Å². The smallest absolute Gasteiger partial charge is 0.267 e. The molecule has 118 valence electrons. The van der Waals surface area contributed by atoms with E-state index in [0.29, 0.717) is 12.2 Å². The lowest BCUT2D eigenvalue weighted by Crippen LogP contribution is -2.22. The Morgan fingerprint density at radius 3 is 2.20 bits per heavy atom. The van der Waals surface area contributed by atoms with Crippen LogP contribution in [0.3, 0.4) is 0 Å². The van der Waals surface area contributed by atoms with Crippen LogP contribution in [0, 0.1) is 5.41 Å². The third-order valence-electron chi connectivity index (χ3n) is 2.21. The number of rotatable bonds is 2. The van der Waals surface area contributed by atoms with Gasteiger partial charge in [-0.2, -0.15) is 13.5 Å². The van der Waals surface area contributed by atoms with Gasteiger partial charge < -0.3 is 26.5 Å². The predicted octanol–water partition coefficient (Wildman–Crippen LogP) is -0.983. The van der Waals surface area contributed by atoms with Crippen molar-refractivity contribution in [3.63, 3.8) is 0 Å². The molecule has 1 atom stereocenters. The van der Waals surface area contributed by atoms with Crippen molar-refractivity contribution in [1.29, 1.82) is 5.41 Å². The Balaban J connectivity index is -0.000000127. The Morgan fingerprint density at radius 2 is 1.90 bits per heavy atom. The van der Waals surface area contributed by atoms with Gasteiger partial charge in [0, 0.05) is 13.6 Å². The number of ether oxygens (including phenoxy) is 1. The molecule has 8 heteroatoms. The Morgan fingerprint density at radius 1 is 1.35 bits per heavy atom. The first kappa shape index (κ1) is 23.6. The second kappa shape index (κ2) is 12.6. The van der Waals surface area contributed by atoms with Gasteiger partial charge in [-0.15, -0.1) is 0 Å². The van der Waals surface area contributed by atoms with Crippen molar-refractivity contribution in [2.45, 2.75) is 12.5 Å². The molecular weight excluding hydrogens is 284 g/mol. The van der Waals surface area contributed by atoms with Crippen LogP contribution in [0.2, 0.25) is 0 Å². The number of benzene rings is 1. The Kier molecular flexibility index (Phi) is 14.9. The van der Waals surface area contributed by atoms with E-state index in [-0.39, 0.29) is 37.7 Å². The zero-order valence-corrected chi connectivity index (χ0v) is 11.9. The molecule has 0 bridgehead atoms. The van der Waals surface area contributed by atoms with Gasteiger partial charge in [-0.3, -0.25) is 10.2 Å². The molecule has 8 N–H and O–H groups in total. The molecule has 2 rings (SSSR count). The Hall–Kier alpha value is -1.45. The van der Waals surface area contributed by atoms with E-state index in [1.54, 1.807) is 24.3 Å². The second-order valence-corrected chi connectivity index (χ2v) is 3.62. The van der Waals surface area contributed by atoms with Gasteiger partial charge in [0.15, 0.2) is 0 Å². The van der Waals surface area contributed by atoms with Crippen LogP contribution in [0.15, 0.2) is 30.3 Å². The SMILES string of the molecule is N=C(C(N)=O)c1ccccc1.O.O.O[C@@H]1CCOC1.S.[HH]. The standard InChI is InChI=1S/C8H8N2O.C4H8O2.2H2O.H2S.H2/c9-7(8(10)11)6-4-2-1-3-5-6;5-4-1-2-6-3-4;;;;/h1-5,9H,(H2,10,11);4-5H,1-3H2;3*1H2;1H/t;4-;;;;/m.1..../s1. The molecule has 20 heavy (non-hydrogen) atoms. The maximum absolute atomic E-state index is 10.5. The van der Waals surface area contributed by atoms with Gasteiger partial charge in [0.25, 0.3) is 5.91 Å². The zero-order chi connectivity index (χ0) is 12.7. The van der Waals surface area contributed by atoms with Crippen LogP contribution in [-0.2, 0) is 9.53 Å². The summed E-state index contributed by atoms with van der Waals surface area (Å²) in [5, 5.41) is 15.8. The molecule has 1 aromatic rings. The summed E-state index contributed by atoms with van der Waals surface area (Å²) in [6.07, 6.45) is 0.644. The van der Waals surface area contributed by atoms with E-state index in [4.69, 9.17) is 21.0 Å². The van der Waals surface area contributed by atoms with Crippen molar-refractivity contribution in [2.24, 2.45) is 5.73 Å². The molecule has 1 heterocycles. The fourth-order valence-electron chi connectivity index (χ4n) is 1.27. The minimum atomic E-state index is -0.698. The van der Waals surface area contributed by atoms with Crippen LogP contribution >= 0.6 is 13.5 Å². The lowest BCUT2D eigenvalue weighted by Gasteiger charge is -1.96. The highest BCUT2D eigenvalue weighted by molar-refractivity contribution is 7.59. The molecule has 1 amide bonds. The normalized spacial score (nSPS) is 15.3. The summed E-state index contributed by atoms with van der Waals surface area (Å²) in [5.74, 6) is -0.698. The summed E-state index contributed by atoms with van der Waals surface area (Å²) in [4.78, 5) is 10.5. The number of hydrogen-bond acceptors (Lipinski definition) is 4. The van der Waals surface area contributed by atoms with Gasteiger partial charge in [-0.25, -0.2) is 0 Å². The van der Waals surface area contributed by atoms with Gasteiger partial charge in [0.2, 0.25) is 0 Å². The van der Waals surface area contributed by atoms with Gasteiger partial charge in [0.05, 0.1) is 12.7 Å². The molecule has 1 aliphatic heterocycles. The van der Waals surface area contributed by atoms with E-state index in [2.05, 4.69) is 0 Å². The molecule has 7 nitrogen and oxygen atoms in total. The molecular formula is C12H24N2O5S. The van der Waals surface area contributed by atoms with Crippen LogP contribution in [0.1, 0.15) is 13.4 Å². The molecule has 1 aliphatic rings. The summed E-state index contributed by atoms with van der Waals surface area (Å²) >= 11 is 0. The number of nitrogens with one attached hydrogen (secondary N) is 1. The highest BCUT2D eigenvalue weighted by Crippen LogP contribution is 2.00. The van der Waals surface area contributed by atoms with Crippen LogP contribution in [0.5, 0.6) is 0 Å². The van der Waals surface area contributed by atoms with Crippen molar-refractivity contribution in [1.82, 2.24) is 0 Å². The monoisotopic (exact) mass is 308 g/mol. The number of hydrogen-bond donors (Lipinski definition) is 3. The van der Waals surface area contributed by atoms with Gasteiger partial charge in [-0.1, -0.05) is 30.3 Å². The molecule has 0 aromatic heterocycles. The average Bonchev–Trinajstić information content (AvgIpc) is 2.81. The maximum atomic E-state index is 10.5. The summed E-state index contributed by atoms with van der Waals surface area (Å²) in [6, 6.07) is 8.68. The van der Waals surface area contributed by atoms with E-state index in [0.717, 1.165) is 13.0 Å². The Bertz CT molecular complexity index is 388. The van der Waals surface area contributed by atoms with Gasteiger partial charge in [-0.05, 0) is 6.42 Å². The number of carbonyl (C=O) groups is 1. The highest BCUT2D eigenvalue weighted by Gasteiger charge is 2.09. The summed E-state index contributed by atoms with van der Waals surface area (Å²) < 4.78 is 4.81. The first-order valence-electron chi connectivity index (χ1n) is 5.31. The third kappa shape index (κ3) is 8.62. The highest BCUT2D eigenvalue weighted by atomic mass is 32.1. The first-order valence-corrected chi connectivity index (χ1v) is 5.31. The van der Waals surface area contributed by atoms with E-state index in [1.807, 2.05) is 6.07 Å². The van der Waals surface area contributed by atoms with Gasteiger partial charge in [0.1, 0.15) is 5.71 Å². The molecule has 0 spiro atoms. The van der Waals surface area contributed by atoms with Crippen molar-refractivity contribution in [2.75, 3.05) is 13.2 Å². The molecule has 0 aliphatic carbocycles. The van der Waals surface area contributed by atoms with Crippen molar-refractivity contribution < 1.29 is 27.0 Å². The number of amides is 1.